The van der Waals surface area contributed by atoms with E-state index in [1.54, 1.807) is 22.9 Å². The number of pyridine rings is 1. The fourth-order valence-corrected chi connectivity index (χ4v) is 2.63. The van der Waals surface area contributed by atoms with E-state index in [4.69, 9.17) is 15.9 Å². The lowest BCUT2D eigenvalue weighted by atomic mass is 10.2. The molecule has 0 bridgehead atoms. The molecule has 0 spiro atoms. The van der Waals surface area contributed by atoms with Gasteiger partial charge in [0.2, 0.25) is 0 Å². The second kappa shape index (κ2) is 6.24. The van der Waals surface area contributed by atoms with E-state index in [0.717, 1.165) is 12.0 Å². The van der Waals surface area contributed by atoms with Gasteiger partial charge in [-0.3, -0.25) is 0 Å². The predicted molar refractivity (Wildman–Crippen MR) is 77.3 cm³/mol. The first-order chi connectivity index (χ1) is 9.94. The fraction of sp³-hybridized carbons (Fsp3) is 0.308. The van der Waals surface area contributed by atoms with E-state index in [2.05, 4.69) is 9.97 Å². The van der Waals surface area contributed by atoms with Gasteiger partial charge in [-0.25, -0.2) is 18.4 Å². The number of hydrogen-bond acceptors (Lipinski definition) is 5. The number of aromatic nitrogens is 3. The molecule has 0 amide bonds. The summed E-state index contributed by atoms with van der Waals surface area (Å²) in [4.78, 5) is 7.97. The molecule has 0 aliphatic rings. The Morgan fingerprint density at radius 3 is 2.86 bits per heavy atom. The Hall–Kier alpha value is -1.91. The van der Waals surface area contributed by atoms with Gasteiger partial charge in [0.1, 0.15) is 17.6 Å². The Morgan fingerprint density at radius 2 is 2.24 bits per heavy atom. The van der Waals surface area contributed by atoms with Crippen LogP contribution in [-0.4, -0.2) is 23.0 Å². The lowest BCUT2D eigenvalue weighted by Crippen LogP contribution is -2.04. The van der Waals surface area contributed by atoms with E-state index in [1.165, 1.54) is 6.20 Å². The van der Waals surface area contributed by atoms with Crippen molar-refractivity contribution in [2.24, 2.45) is 0 Å². The zero-order valence-corrected chi connectivity index (χ0v) is 12.9. The third kappa shape index (κ3) is 3.80. The summed E-state index contributed by atoms with van der Waals surface area (Å²) in [6.07, 6.45) is 4.44. The Labute approximate surface area is 127 Å². The maximum absolute atomic E-state index is 11.4. The van der Waals surface area contributed by atoms with Crippen LogP contribution in [-0.2, 0) is 22.0 Å². The van der Waals surface area contributed by atoms with Crippen LogP contribution in [0.4, 0.5) is 0 Å². The Balaban J connectivity index is 2.38. The second-order valence-corrected chi connectivity index (χ2v) is 6.99. The highest BCUT2D eigenvalue weighted by Gasteiger charge is 2.17. The molecule has 0 fully saturated rings. The zero-order chi connectivity index (χ0) is 15.5. The molecule has 0 aliphatic carbocycles. The SMILES string of the molecule is CCCc1nc(S(=O)(=O)Cl)cn1Cc1ccnc(C#N)c1. The minimum atomic E-state index is -3.85. The summed E-state index contributed by atoms with van der Waals surface area (Å²) in [5.74, 6) is 0.645. The van der Waals surface area contributed by atoms with E-state index in [0.29, 0.717) is 24.5 Å². The minimum Gasteiger partial charge on any atom is -0.329 e. The Morgan fingerprint density at radius 1 is 1.48 bits per heavy atom. The van der Waals surface area contributed by atoms with Gasteiger partial charge in [0.05, 0.1) is 0 Å². The molecule has 2 aromatic rings. The van der Waals surface area contributed by atoms with Crippen LogP contribution in [0.15, 0.2) is 29.6 Å². The van der Waals surface area contributed by atoms with E-state index in [9.17, 15) is 8.42 Å². The molecule has 2 aromatic heterocycles. The van der Waals surface area contributed by atoms with Crippen LogP contribution in [0.2, 0.25) is 0 Å². The van der Waals surface area contributed by atoms with E-state index in [-0.39, 0.29) is 5.03 Å². The standard InChI is InChI=1S/C13H13ClN4O2S/c1-2-3-12-17-13(21(14,19)20)9-18(12)8-10-4-5-16-11(6-10)7-15/h4-6,9H,2-3,8H2,1H3. The Bertz CT molecular complexity index is 793. The van der Waals surface area contributed by atoms with Gasteiger partial charge in [-0.05, 0) is 24.1 Å². The van der Waals surface area contributed by atoms with Gasteiger partial charge in [0, 0.05) is 36.0 Å². The normalized spacial score (nSPS) is 11.3. The molecule has 21 heavy (non-hydrogen) atoms. The number of hydrogen-bond donors (Lipinski definition) is 0. The molecule has 2 rings (SSSR count). The number of imidazole rings is 1. The first kappa shape index (κ1) is 15.5. The van der Waals surface area contributed by atoms with Crippen LogP contribution in [0.1, 0.15) is 30.4 Å². The van der Waals surface area contributed by atoms with Crippen molar-refractivity contribution in [3.8, 4) is 6.07 Å². The van der Waals surface area contributed by atoms with Crippen molar-refractivity contribution in [2.75, 3.05) is 0 Å². The van der Waals surface area contributed by atoms with Gasteiger partial charge >= 0.3 is 0 Å². The largest absolute Gasteiger partial charge is 0.329 e. The number of aryl methyl sites for hydroxylation is 1. The third-order valence-electron chi connectivity index (χ3n) is 2.85. The molecule has 0 N–H and O–H groups in total. The van der Waals surface area contributed by atoms with Gasteiger partial charge in [-0.2, -0.15) is 5.26 Å². The van der Waals surface area contributed by atoms with Crippen molar-refractivity contribution in [1.29, 1.82) is 5.26 Å². The average molecular weight is 325 g/mol. The van der Waals surface area contributed by atoms with Gasteiger partial charge in [0.15, 0.2) is 5.03 Å². The van der Waals surface area contributed by atoms with Crippen LogP contribution in [0.5, 0.6) is 0 Å². The van der Waals surface area contributed by atoms with Crippen molar-refractivity contribution < 1.29 is 8.42 Å². The average Bonchev–Trinajstić information content (AvgIpc) is 2.83. The minimum absolute atomic E-state index is 0.151. The summed E-state index contributed by atoms with van der Waals surface area (Å²) < 4.78 is 24.5. The summed E-state index contributed by atoms with van der Waals surface area (Å²) in [7, 11) is 1.49. The first-order valence-corrected chi connectivity index (χ1v) is 8.60. The molecule has 0 unspecified atom stereocenters. The molecule has 0 saturated carbocycles. The van der Waals surface area contributed by atoms with Crippen molar-refractivity contribution in [2.45, 2.75) is 31.3 Å². The summed E-state index contributed by atoms with van der Waals surface area (Å²) in [6.45, 7) is 2.39. The quantitative estimate of drug-likeness (QED) is 0.785. The van der Waals surface area contributed by atoms with Crippen molar-refractivity contribution in [1.82, 2.24) is 14.5 Å². The molecule has 6 nitrogen and oxygen atoms in total. The summed E-state index contributed by atoms with van der Waals surface area (Å²) in [5.41, 5.74) is 1.16. The second-order valence-electron chi connectivity index (χ2n) is 4.47. The van der Waals surface area contributed by atoms with E-state index >= 15 is 0 Å². The predicted octanol–water partition coefficient (Wildman–Crippen LogP) is 2.08. The van der Waals surface area contributed by atoms with Crippen molar-refractivity contribution in [3.05, 3.63) is 41.6 Å². The summed E-state index contributed by atoms with van der Waals surface area (Å²) in [5, 5.41) is 8.70. The molecule has 110 valence electrons. The first-order valence-electron chi connectivity index (χ1n) is 6.29. The topological polar surface area (TPSA) is 88.6 Å². The maximum atomic E-state index is 11.4. The molecule has 8 heteroatoms. The monoisotopic (exact) mass is 324 g/mol. The van der Waals surface area contributed by atoms with Crippen LogP contribution >= 0.6 is 10.7 Å². The van der Waals surface area contributed by atoms with Gasteiger partial charge in [-0.1, -0.05) is 6.92 Å². The third-order valence-corrected chi connectivity index (χ3v) is 4.02. The zero-order valence-electron chi connectivity index (χ0n) is 11.3. The molecule has 0 saturated heterocycles. The van der Waals surface area contributed by atoms with Crippen molar-refractivity contribution in [3.63, 3.8) is 0 Å². The molecule has 0 radical (unpaired) electrons. The maximum Gasteiger partial charge on any atom is 0.280 e. The van der Waals surface area contributed by atoms with Crippen molar-refractivity contribution >= 4 is 19.7 Å². The van der Waals surface area contributed by atoms with Crippen LogP contribution in [0, 0.1) is 11.3 Å². The highest BCUT2D eigenvalue weighted by Crippen LogP contribution is 2.17. The van der Waals surface area contributed by atoms with E-state index in [1.807, 2.05) is 13.0 Å². The molecule has 0 aromatic carbocycles. The lowest BCUT2D eigenvalue weighted by molar-refractivity contribution is 0.606. The highest BCUT2D eigenvalue weighted by atomic mass is 35.7. The van der Waals surface area contributed by atoms with Gasteiger partial charge in [-0.15, -0.1) is 0 Å². The van der Waals surface area contributed by atoms with Crippen LogP contribution < -0.4 is 0 Å². The van der Waals surface area contributed by atoms with Crippen LogP contribution in [0.25, 0.3) is 0 Å². The van der Waals surface area contributed by atoms with Gasteiger partial charge in [0.25, 0.3) is 9.05 Å². The molecular weight excluding hydrogens is 312 g/mol. The lowest BCUT2D eigenvalue weighted by Gasteiger charge is -2.06. The molecule has 2 heterocycles. The number of nitrogens with zero attached hydrogens (tertiary/aromatic N) is 4. The van der Waals surface area contributed by atoms with Gasteiger partial charge < -0.3 is 4.57 Å². The summed E-state index contributed by atoms with van der Waals surface area (Å²) in [6, 6.07) is 5.40. The van der Waals surface area contributed by atoms with E-state index < -0.39 is 9.05 Å². The highest BCUT2D eigenvalue weighted by molar-refractivity contribution is 8.13. The molecule has 0 atom stereocenters. The summed E-state index contributed by atoms with van der Waals surface area (Å²) >= 11 is 0. The number of nitriles is 1. The molecule has 0 aliphatic heterocycles. The van der Waals surface area contributed by atoms with Crippen LogP contribution in [0.3, 0.4) is 0 Å². The smallest absolute Gasteiger partial charge is 0.280 e. The fourth-order valence-electron chi connectivity index (χ4n) is 1.94. The Kier molecular flexibility index (Phi) is 4.60. The number of halogens is 1. The molecular formula is C13H13ClN4O2S. The number of rotatable bonds is 5.